The highest BCUT2D eigenvalue weighted by molar-refractivity contribution is 6.08. The predicted octanol–water partition coefficient (Wildman–Crippen LogP) is 3.63. The molecule has 0 saturated carbocycles. The van der Waals surface area contributed by atoms with Gasteiger partial charge in [-0.1, -0.05) is 48.5 Å². The smallest absolute Gasteiger partial charge is 0.254 e. The van der Waals surface area contributed by atoms with Gasteiger partial charge in [0, 0.05) is 11.8 Å². The molecule has 2 bridgehead atoms. The fourth-order valence-electron chi connectivity index (χ4n) is 5.67. The van der Waals surface area contributed by atoms with Gasteiger partial charge < -0.3 is 9.84 Å². The summed E-state index contributed by atoms with van der Waals surface area (Å²) in [6, 6.07) is 21.0. The lowest BCUT2D eigenvalue weighted by Gasteiger charge is -2.45. The SMILES string of the molecule is COc1cc(/C=N/N2C(=O)C3C4c5ccccc5C(c5ccccc54)C3C2=O)ccc1O. The number of amides is 2. The number of benzene rings is 3. The van der Waals surface area contributed by atoms with Crippen molar-refractivity contribution < 1.29 is 19.4 Å². The Bertz CT molecular complexity index is 1200. The molecule has 7 rings (SSSR count). The predicted molar refractivity (Wildman–Crippen MR) is 118 cm³/mol. The summed E-state index contributed by atoms with van der Waals surface area (Å²) in [6.45, 7) is 0. The van der Waals surface area contributed by atoms with Gasteiger partial charge in [-0.3, -0.25) is 9.59 Å². The molecule has 32 heavy (non-hydrogen) atoms. The van der Waals surface area contributed by atoms with Crippen molar-refractivity contribution in [1.82, 2.24) is 5.01 Å². The second-order valence-electron chi connectivity index (χ2n) is 8.43. The largest absolute Gasteiger partial charge is 0.504 e. The minimum atomic E-state index is -0.455. The van der Waals surface area contributed by atoms with Gasteiger partial charge in [0.15, 0.2) is 11.5 Å². The number of ether oxygens (including phenoxy) is 1. The second-order valence-corrected chi connectivity index (χ2v) is 8.43. The standard InChI is InChI=1S/C26H20N2O4/c1-32-20-12-14(10-11-19(20)29)13-27-28-25(30)23-21-15-6-2-3-7-16(15)22(24(23)26(28)31)18-9-5-4-8-17(18)21/h2-13,21-24,29H,1H3/b27-13+. The molecule has 0 aromatic heterocycles. The Morgan fingerprint density at radius 2 is 1.34 bits per heavy atom. The topological polar surface area (TPSA) is 79.2 Å². The number of rotatable bonds is 3. The molecule has 1 aliphatic heterocycles. The van der Waals surface area contributed by atoms with Crippen molar-refractivity contribution in [3.05, 3.63) is 94.5 Å². The minimum Gasteiger partial charge on any atom is -0.504 e. The summed E-state index contributed by atoms with van der Waals surface area (Å²) in [6.07, 6.45) is 1.46. The highest BCUT2D eigenvalue weighted by atomic mass is 16.5. The Balaban J connectivity index is 1.42. The average Bonchev–Trinajstić information content (AvgIpc) is 3.08. The number of hydrogen-bond donors (Lipinski definition) is 1. The van der Waals surface area contributed by atoms with Gasteiger partial charge in [-0.15, -0.1) is 0 Å². The number of hydrogen-bond acceptors (Lipinski definition) is 5. The highest BCUT2D eigenvalue weighted by Gasteiger charge is 2.61. The monoisotopic (exact) mass is 424 g/mol. The third-order valence-electron chi connectivity index (χ3n) is 6.95. The van der Waals surface area contributed by atoms with Gasteiger partial charge >= 0.3 is 0 Å². The summed E-state index contributed by atoms with van der Waals surface area (Å²) in [4.78, 5) is 27.0. The van der Waals surface area contributed by atoms with Crippen molar-refractivity contribution in [2.75, 3.05) is 7.11 Å². The molecule has 1 N–H and O–H groups in total. The van der Waals surface area contributed by atoms with E-state index >= 15 is 0 Å². The Kier molecular flexibility index (Phi) is 3.99. The minimum absolute atomic E-state index is 0.0103. The van der Waals surface area contributed by atoms with Crippen LogP contribution in [0.3, 0.4) is 0 Å². The molecule has 3 aliphatic carbocycles. The van der Waals surface area contributed by atoms with Crippen molar-refractivity contribution >= 4 is 18.0 Å². The quantitative estimate of drug-likeness (QED) is 0.514. The number of methoxy groups -OCH3 is 1. The number of nitrogens with zero attached hydrogens (tertiary/aromatic N) is 2. The maximum absolute atomic E-state index is 13.5. The summed E-state index contributed by atoms with van der Waals surface area (Å²) in [5.74, 6) is -1.43. The first-order valence-corrected chi connectivity index (χ1v) is 10.6. The van der Waals surface area contributed by atoms with Crippen molar-refractivity contribution in [1.29, 1.82) is 0 Å². The molecular weight excluding hydrogens is 404 g/mol. The maximum atomic E-state index is 13.5. The van der Waals surface area contributed by atoms with Crippen molar-refractivity contribution in [3.8, 4) is 11.5 Å². The van der Waals surface area contributed by atoms with Crippen LogP contribution >= 0.6 is 0 Å². The Morgan fingerprint density at radius 3 is 1.81 bits per heavy atom. The summed E-state index contributed by atoms with van der Waals surface area (Å²) >= 11 is 0. The summed E-state index contributed by atoms with van der Waals surface area (Å²) < 4.78 is 5.13. The zero-order chi connectivity index (χ0) is 22.0. The van der Waals surface area contributed by atoms with E-state index in [1.165, 1.54) is 19.4 Å². The molecule has 3 aromatic rings. The molecule has 1 saturated heterocycles. The zero-order valence-corrected chi connectivity index (χ0v) is 17.3. The van der Waals surface area contributed by atoms with Gasteiger partial charge in [0.05, 0.1) is 25.2 Å². The molecule has 2 unspecified atom stereocenters. The molecule has 1 heterocycles. The van der Waals surface area contributed by atoms with E-state index in [9.17, 15) is 14.7 Å². The summed E-state index contributed by atoms with van der Waals surface area (Å²) in [7, 11) is 1.46. The molecule has 158 valence electrons. The number of aromatic hydroxyl groups is 1. The van der Waals surface area contributed by atoms with E-state index in [2.05, 4.69) is 29.4 Å². The van der Waals surface area contributed by atoms with E-state index in [-0.39, 0.29) is 29.4 Å². The van der Waals surface area contributed by atoms with E-state index < -0.39 is 11.8 Å². The molecule has 2 amide bonds. The molecule has 0 spiro atoms. The van der Waals surface area contributed by atoms with Crippen LogP contribution in [0.25, 0.3) is 0 Å². The third-order valence-corrected chi connectivity index (χ3v) is 6.95. The van der Waals surface area contributed by atoms with Crippen LogP contribution in [0, 0.1) is 11.8 Å². The highest BCUT2D eigenvalue weighted by Crippen LogP contribution is 2.60. The van der Waals surface area contributed by atoms with Crippen molar-refractivity contribution in [2.45, 2.75) is 11.8 Å². The number of carbonyl (C=O) groups excluding carboxylic acids is 2. The van der Waals surface area contributed by atoms with Gasteiger partial charge in [-0.25, -0.2) is 0 Å². The number of phenolic OH excluding ortho intramolecular Hbond substituents is 1. The van der Waals surface area contributed by atoms with E-state index in [1.54, 1.807) is 12.1 Å². The van der Waals surface area contributed by atoms with Crippen molar-refractivity contribution in [2.24, 2.45) is 16.9 Å². The Labute approximate surface area is 184 Å². The number of phenols is 1. The lowest BCUT2D eigenvalue weighted by molar-refractivity contribution is -0.139. The number of carbonyl (C=O) groups is 2. The lowest BCUT2D eigenvalue weighted by Crippen LogP contribution is -2.41. The van der Waals surface area contributed by atoms with Gasteiger partial charge in [-0.05, 0) is 46.0 Å². The number of hydrazone groups is 1. The first kappa shape index (κ1) is 18.8. The van der Waals surface area contributed by atoms with Crippen LogP contribution in [0.15, 0.2) is 71.8 Å². The van der Waals surface area contributed by atoms with Gasteiger partial charge in [0.1, 0.15) is 0 Å². The first-order chi connectivity index (χ1) is 15.6. The molecule has 2 atom stereocenters. The molecule has 6 nitrogen and oxygen atoms in total. The summed E-state index contributed by atoms with van der Waals surface area (Å²) in [5.41, 5.74) is 5.14. The molecular formula is C26H20N2O4. The van der Waals surface area contributed by atoms with Crippen LogP contribution in [0.4, 0.5) is 0 Å². The molecule has 1 fully saturated rings. The van der Waals surface area contributed by atoms with Crippen LogP contribution in [0.1, 0.15) is 39.7 Å². The maximum Gasteiger partial charge on any atom is 0.254 e. The first-order valence-electron chi connectivity index (χ1n) is 10.6. The van der Waals surface area contributed by atoms with Crippen molar-refractivity contribution in [3.63, 3.8) is 0 Å². The van der Waals surface area contributed by atoms with E-state index in [0.717, 1.165) is 27.3 Å². The van der Waals surface area contributed by atoms with Gasteiger partial charge in [0.25, 0.3) is 11.8 Å². The zero-order valence-electron chi connectivity index (χ0n) is 17.3. The van der Waals surface area contributed by atoms with Gasteiger partial charge in [0.2, 0.25) is 0 Å². The average molecular weight is 424 g/mol. The van der Waals surface area contributed by atoms with Crippen LogP contribution in [0.5, 0.6) is 11.5 Å². The van der Waals surface area contributed by atoms with E-state index in [0.29, 0.717) is 11.3 Å². The molecule has 4 aliphatic rings. The molecule has 0 radical (unpaired) electrons. The van der Waals surface area contributed by atoms with Gasteiger partial charge in [-0.2, -0.15) is 10.1 Å². The summed E-state index contributed by atoms with van der Waals surface area (Å²) in [5, 5.41) is 15.1. The van der Waals surface area contributed by atoms with E-state index in [4.69, 9.17) is 4.74 Å². The third kappa shape index (κ3) is 2.43. The normalized spacial score (nSPS) is 25.1. The molecule has 3 aromatic carbocycles. The van der Waals surface area contributed by atoms with Crippen LogP contribution in [-0.4, -0.2) is 35.3 Å². The van der Waals surface area contributed by atoms with E-state index in [1.807, 2.05) is 24.3 Å². The fourth-order valence-corrected chi connectivity index (χ4v) is 5.67. The Hall–Kier alpha value is -3.93. The van der Waals surface area contributed by atoms with Crippen LogP contribution in [0.2, 0.25) is 0 Å². The fraction of sp³-hybridized carbons (Fsp3) is 0.192. The second kappa shape index (κ2) is 6.79. The van der Waals surface area contributed by atoms with Crippen LogP contribution < -0.4 is 4.74 Å². The molecule has 6 heteroatoms. The number of imide groups is 1. The van der Waals surface area contributed by atoms with Crippen LogP contribution in [-0.2, 0) is 9.59 Å². The Morgan fingerprint density at radius 1 is 0.844 bits per heavy atom. The lowest BCUT2D eigenvalue weighted by atomic mass is 9.55.